The average molecular weight is 464 g/mol. The van der Waals surface area contributed by atoms with Crippen LogP contribution >= 0.6 is 0 Å². The zero-order chi connectivity index (χ0) is 22.8. The highest BCUT2D eigenvalue weighted by molar-refractivity contribution is 7.88. The lowest BCUT2D eigenvalue weighted by Gasteiger charge is -2.11. The first-order valence-electron chi connectivity index (χ1n) is 11.0. The van der Waals surface area contributed by atoms with Gasteiger partial charge in [-0.15, -0.1) is 0 Å². The summed E-state index contributed by atoms with van der Waals surface area (Å²) in [6.45, 7) is 1.68. The summed E-state index contributed by atoms with van der Waals surface area (Å²) in [6, 6.07) is 13.8. The number of hydrogen-bond acceptors (Lipinski definition) is 6. The Morgan fingerprint density at radius 2 is 2.03 bits per heavy atom. The van der Waals surface area contributed by atoms with Crippen LogP contribution in [0.15, 0.2) is 54.9 Å². The van der Waals surface area contributed by atoms with Crippen LogP contribution in [-0.4, -0.2) is 47.6 Å². The molecule has 0 aliphatic carbocycles. The molecule has 9 heteroatoms. The minimum absolute atomic E-state index is 0.345. The summed E-state index contributed by atoms with van der Waals surface area (Å²) in [5.74, 6) is 0.705. The van der Waals surface area contributed by atoms with Gasteiger partial charge in [0.25, 0.3) is 0 Å². The summed E-state index contributed by atoms with van der Waals surface area (Å²) < 4.78 is 32.7. The molecule has 4 aromatic rings. The van der Waals surface area contributed by atoms with Crippen LogP contribution in [-0.2, 0) is 23.0 Å². The molecule has 33 heavy (non-hydrogen) atoms. The van der Waals surface area contributed by atoms with E-state index >= 15 is 0 Å². The van der Waals surface area contributed by atoms with Gasteiger partial charge in [0.15, 0.2) is 0 Å². The molecule has 0 fully saturated rings. The molecule has 4 heterocycles. The SMILES string of the molecule is CS(=O)(=O)NCCCOc1ccc2c(-c3c(-c4ccccn4)nn4c3CCC4)ccnc2c1. The second-order valence-corrected chi connectivity index (χ2v) is 9.95. The van der Waals surface area contributed by atoms with Crippen molar-refractivity contribution in [2.24, 2.45) is 0 Å². The van der Waals surface area contributed by atoms with Gasteiger partial charge in [0, 0.05) is 48.2 Å². The Bertz CT molecular complexity index is 1400. The smallest absolute Gasteiger partial charge is 0.208 e. The highest BCUT2D eigenvalue weighted by Gasteiger charge is 2.25. The molecular weight excluding hydrogens is 438 g/mol. The van der Waals surface area contributed by atoms with E-state index in [1.165, 1.54) is 5.69 Å². The third-order valence-electron chi connectivity index (χ3n) is 5.69. The van der Waals surface area contributed by atoms with E-state index in [0.717, 1.165) is 59.1 Å². The van der Waals surface area contributed by atoms with E-state index in [9.17, 15) is 8.42 Å². The van der Waals surface area contributed by atoms with E-state index in [-0.39, 0.29) is 0 Å². The van der Waals surface area contributed by atoms with Crippen molar-refractivity contribution < 1.29 is 13.2 Å². The Morgan fingerprint density at radius 3 is 2.85 bits per heavy atom. The van der Waals surface area contributed by atoms with Crippen molar-refractivity contribution in [3.8, 4) is 28.3 Å². The largest absolute Gasteiger partial charge is 0.493 e. The van der Waals surface area contributed by atoms with E-state index in [0.29, 0.717) is 25.3 Å². The molecule has 1 aliphatic heterocycles. The monoisotopic (exact) mass is 463 g/mol. The first-order valence-corrected chi connectivity index (χ1v) is 12.9. The fraction of sp³-hybridized carbons (Fsp3) is 0.292. The molecule has 1 aliphatic rings. The lowest BCUT2D eigenvalue weighted by atomic mass is 9.96. The summed E-state index contributed by atoms with van der Waals surface area (Å²) in [5, 5.41) is 5.93. The number of fused-ring (bicyclic) bond motifs is 2. The summed E-state index contributed by atoms with van der Waals surface area (Å²) in [5.41, 5.74) is 6.05. The van der Waals surface area contributed by atoms with Crippen molar-refractivity contribution in [3.05, 3.63) is 60.6 Å². The predicted molar refractivity (Wildman–Crippen MR) is 127 cm³/mol. The quantitative estimate of drug-likeness (QED) is 0.402. The molecule has 8 nitrogen and oxygen atoms in total. The minimum Gasteiger partial charge on any atom is -0.493 e. The van der Waals surface area contributed by atoms with Crippen molar-refractivity contribution in [1.82, 2.24) is 24.5 Å². The number of ether oxygens (including phenoxy) is 1. The van der Waals surface area contributed by atoms with Crippen LogP contribution in [0.1, 0.15) is 18.5 Å². The van der Waals surface area contributed by atoms with Crippen LogP contribution in [0.25, 0.3) is 33.4 Å². The van der Waals surface area contributed by atoms with Gasteiger partial charge in [-0.05, 0) is 55.2 Å². The van der Waals surface area contributed by atoms with E-state index in [1.54, 1.807) is 6.20 Å². The van der Waals surface area contributed by atoms with Crippen molar-refractivity contribution >= 4 is 20.9 Å². The van der Waals surface area contributed by atoms with Crippen molar-refractivity contribution in [3.63, 3.8) is 0 Å². The van der Waals surface area contributed by atoms with Crippen molar-refractivity contribution in [1.29, 1.82) is 0 Å². The number of aryl methyl sites for hydroxylation is 1. The molecule has 170 valence electrons. The van der Waals surface area contributed by atoms with Crippen LogP contribution in [0.5, 0.6) is 5.75 Å². The topological polar surface area (TPSA) is 99.0 Å². The molecule has 0 unspecified atom stereocenters. The van der Waals surface area contributed by atoms with Crippen LogP contribution in [0.4, 0.5) is 0 Å². The van der Waals surface area contributed by atoms with Crippen LogP contribution in [0, 0.1) is 0 Å². The number of nitrogens with one attached hydrogen (secondary N) is 1. The van der Waals surface area contributed by atoms with Gasteiger partial charge in [-0.2, -0.15) is 5.10 Å². The Hall–Kier alpha value is -3.30. The van der Waals surface area contributed by atoms with Gasteiger partial charge in [-0.1, -0.05) is 6.07 Å². The number of hydrogen-bond donors (Lipinski definition) is 1. The number of nitrogens with zero attached hydrogens (tertiary/aromatic N) is 4. The Kier molecular flexibility index (Phi) is 5.82. The first-order chi connectivity index (χ1) is 16.0. The molecule has 0 amide bonds. The summed E-state index contributed by atoms with van der Waals surface area (Å²) >= 11 is 0. The highest BCUT2D eigenvalue weighted by Crippen LogP contribution is 2.40. The van der Waals surface area contributed by atoms with Gasteiger partial charge < -0.3 is 4.74 Å². The van der Waals surface area contributed by atoms with E-state index in [1.807, 2.05) is 48.7 Å². The first kappa shape index (κ1) is 21.5. The van der Waals surface area contributed by atoms with Crippen LogP contribution in [0.2, 0.25) is 0 Å². The fourth-order valence-electron chi connectivity index (χ4n) is 4.25. The van der Waals surface area contributed by atoms with Crippen molar-refractivity contribution in [2.45, 2.75) is 25.8 Å². The molecule has 0 radical (unpaired) electrons. The highest BCUT2D eigenvalue weighted by atomic mass is 32.2. The summed E-state index contributed by atoms with van der Waals surface area (Å²) in [6.07, 6.45) is 7.42. The van der Waals surface area contributed by atoms with Gasteiger partial charge in [-0.3, -0.25) is 14.6 Å². The standard InChI is InChI=1S/C24H25N5O3S/c1-33(30,31)27-12-5-15-32-17-8-9-18-19(10-13-26-21(18)16-17)23-22-7-4-14-29(22)28-24(23)20-6-2-3-11-25-20/h2-3,6,8-11,13,16,27H,4-5,7,12,14-15H2,1H3. The van der Waals surface area contributed by atoms with Gasteiger partial charge in [0.2, 0.25) is 10.0 Å². The third kappa shape index (κ3) is 4.60. The molecule has 0 atom stereocenters. The number of aromatic nitrogens is 4. The van der Waals surface area contributed by atoms with Gasteiger partial charge in [-0.25, -0.2) is 13.1 Å². The molecule has 5 rings (SSSR count). The number of benzene rings is 1. The van der Waals surface area contributed by atoms with E-state index < -0.39 is 10.0 Å². The van der Waals surface area contributed by atoms with Gasteiger partial charge >= 0.3 is 0 Å². The van der Waals surface area contributed by atoms with Gasteiger partial charge in [0.1, 0.15) is 11.4 Å². The second-order valence-electron chi connectivity index (χ2n) is 8.12. The zero-order valence-corrected chi connectivity index (χ0v) is 19.2. The Morgan fingerprint density at radius 1 is 1.12 bits per heavy atom. The Labute approximate surface area is 192 Å². The summed E-state index contributed by atoms with van der Waals surface area (Å²) in [7, 11) is -3.18. The zero-order valence-electron chi connectivity index (χ0n) is 18.4. The summed E-state index contributed by atoms with van der Waals surface area (Å²) in [4.78, 5) is 9.12. The van der Waals surface area contributed by atoms with Crippen LogP contribution in [0.3, 0.4) is 0 Å². The Balaban J connectivity index is 1.46. The lowest BCUT2D eigenvalue weighted by molar-refractivity contribution is 0.312. The molecule has 0 spiro atoms. The number of sulfonamides is 1. The van der Waals surface area contributed by atoms with E-state index in [4.69, 9.17) is 9.84 Å². The number of pyridine rings is 2. The molecule has 3 aromatic heterocycles. The minimum atomic E-state index is -3.18. The lowest BCUT2D eigenvalue weighted by Crippen LogP contribution is -2.24. The van der Waals surface area contributed by atoms with Crippen molar-refractivity contribution in [2.75, 3.05) is 19.4 Å². The molecule has 0 bridgehead atoms. The van der Waals surface area contributed by atoms with Gasteiger partial charge in [0.05, 0.1) is 24.1 Å². The molecule has 0 saturated carbocycles. The van der Waals surface area contributed by atoms with E-state index in [2.05, 4.69) is 19.4 Å². The molecule has 0 saturated heterocycles. The fourth-order valence-corrected chi connectivity index (χ4v) is 4.77. The molecular formula is C24H25N5O3S. The second kappa shape index (κ2) is 8.92. The average Bonchev–Trinajstić information content (AvgIpc) is 3.40. The molecule has 1 N–H and O–H groups in total. The third-order valence-corrected chi connectivity index (χ3v) is 6.41. The maximum absolute atomic E-state index is 11.2. The maximum Gasteiger partial charge on any atom is 0.208 e. The van der Waals surface area contributed by atoms with Crippen LogP contribution < -0.4 is 9.46 Å². The normalized spacial score (nSPS) is 13.4. The predicted octanol–water partition coefficient (Wildman–Crippen LogP) is 3.42. The molecule has 1 aromatic carbocycles. The number of rotatable bonds is 8. The maximum atomic E-state index is 11.2.